The average molecular weight is 494 g/mol. The van der Waals surface area contributed by atoms with Crippen molar-refractivity contribution in [2.45, 2.75) is 141 Å². The summed E-state index contributed by atoms with van der Waals surface area (Å²) in [6.45, 7) is 8.34. The maximum absolute atomic E-state index is 9.80. The molecule has 0 amide bonds. The topological polar surface area (TPSA) is 32.3 Å². The lowest BCUT2D eigenvalue weighted by Gasteiger charge is -2.41. The van der Waals surface area contributed by atoms with Crippen LogP contribution in [0.2, 0.25) is 0 Å². The van der Waals surface area contributed by atoms with Crippen LogP contribution in [-0.4, -0.2) is 17.4 Å². The lowest BCUT2D eigenvalue weighted by Crippen LogP contribution is -2.40. The zero-order chi connectivity index (χ0) is 25.3. The molecule has 36 heavy (non-hydrogen) atoms. The molecule has 0 bridgehead atoms. The third-order valence-electron chi connectivity index (χ3n) is 10.4. The van der Waals surface area contributed by atoms with Gasteiger partial charge in [0.1, 0.15) is 6.23 Å². The summed E-state index contributed by atoms with van der Waals surface area (Å²) in [6.07, 6.45) is 24.3. The minimum Gasteiger partial charge on any atom is -0.375 e. The summed E-state index contributed by atoms with van der Waals surface area (Å²) in [7, 11) is 0. The van der Waals surface area contributed by atoms with Gasteiger partial charge in [-0.3, -0.25) is 5.32 Å². The predicted octanol–water partition coefficient (Wildman–Crippen LogP) is 8.71. The fourth-order valence-corrected chi connectivity index (χ4v) is 8.15. The van der Waals surface area contributed by atoms with Crippen molar-refractivity contribution in [1.29, 1.82) is 0 Å². The highest BCUT2D eigenvalue weighted by Crippen LogP contribution is 2.47. The van der Waals surface area contributed by atoms with Crippen molar-refractivity contribution in [3.63, 3.8) is 0 Å². The van der Waals surface area contributed by atoms with Crippen molar-refractivity contribution in [3.8, 4) is 0 Å². The molecule has 0 heterocycles. The molecule has 4 rings (SSSR count). The van der Waals surface area contributed by atoms with E-state index in [0.29, 0.717) is 6.04 Å². The summed E-state index contributed by atoms with van der Waals surface area (Å²) in [6, 6.07) is 7.98. The van der Waals surface area contributed by atoms with Gasteiger partial charge >= 0.3 is 0 Å². The summed E-state index contributed by atoms with van der Waals surface area (Å²) >= 11 is 0. The van der Waals surface area contributed by atoms with Gasteiger partial charge in [0, 0.05) is 6.04 Å². The average Bonchev–Trinajstić information content (AvgIpc) is 2.93. The number of hydrogen-bond donors (Lipinski definition) is 2. The van der Waals surface area contributed by atoms with Crippen LogP contribution in [-0.2, 0) is 12.8 Å². The molecule has 1 aromatic carbocycles. The molecule has 2 N–H and O–H groups in total. The van der Waals surface area contributed by atoms with Crippen molar-refractivity contribution in [2.24, 2.45) is 23.7 Å². The van der Waals surface area contributed by atoms with E-state index in [4.69, 9.17) is 0 Å². The van der Waals surface area contributed by atoms with Gasteiger partial charge in [-0.25, -0.2) is 0 Å². The third kappa shape index (κ3) is 7.47. The zero-order valence-corrected chi connectivity index (χ0v) is 23.5. The maximum atomic E-state index is 9.80. The van der Waals surface area contributed by atoms with Gasteiger partial charge < -0.3 is 5.11 Å². The van der Waals surface area contributed by atoms with Crippen LogP contribution in [0.4, 0.5) is 0 Å². The predicted molar refractivity (Wildman–Crippen MR) is 154 cm³/mol. The lowest BCUT2D eigenvalue weighted by molar-refractivity contribution is 0.102. The quantitative estimate of drug-likeness (QED) is 0.183. The Labute approximate surface area is 222 Å². The van der Waals surface area contributed by atoms with Crippen LogP contribution in [0.1, 0.15) is 133 Å². The van der Waals surface area contributed by atoms with Gasteiger partial charge in [0.25, 0.3) is 0 Å². The van der Waals surface area contributed by atoms with Crippen molar-refractivity contribution in [2.75, 3.05) is 0 Å². The highest BCUT2D eigenvalue weighted by atomic mass is 16.3. The Morgan fingerprint density at radius 2 is 1.39 bits per heavy atom. The van der Waals surface area contributed by atoms with E-state index in [9.17, 15) is 5.11 Å². The second-order valence-electron chi connectivity index (χ2n) is 12.6. The van der Waals surface area contributed by atoms with E-state index < -0.39 is 6.23 Å². The molecule has 1 atom stereocenters. The summed E-state index contributed by atoms with van der Waals surface area (Å²) < 4.78 is 0. The van der Waals surface area contributed by atoms with Gasteiger partial charge in [-0.2, -0.15) is 0 Å². The van der Waals surface area contributed by atoms with Crippen molar-refractivity contribution < 1.29 is 5.11 Å². The number of hydrogen-bond acceptors (Lipinski definition) is 2. The monoisotopic (exact) mass is 493 g/mol. The highest BCUT2D eigenvalue weighted by Gasteiger charge is 2.35. The molecule has 3 saturated carbocycles. The first-order chi connectivity index (χ1) is 17.6. The van der Waals surface area contributed by atoms with E-state index in [1.807, 2.05) is 0 Å². The van der Waals surface area contributed by atoms with Crippen molar-refractivity contribution in [3.05, 3.63) is 47.5 Å². The molecule has 3 fully saturated rings. The van der Waals surface area contributed by atoms with E-state index in [0.717, 1.165) is 29.6 Å². The minimum atomic E-state index is -0.541. The third-order valence-corrected chi connectivity index (χ3v) is 10.4. The summed E-state index contributed by atoms with van der Waals surface area (Å²) in [5.41, 5.74) is 4.88. The number of aryl methyl sites for hydroxylation is 2. The second-order valence-corrected chi connectivity index (χ2v) is 12.6. The Hall–Kier alpha value is -1.12. The van der Waals surface area contributed by atoms with Crippen LogP contribution in [0, 0.1) is 23.7 Å². The molecular weight excluding hydrogens is 438 g/mol. The van der Waals surface area contributed by atoms with Crippen LogP contribution in [0.5, 0.6) is 0 Å². The Morgan fingerprint density at radius 1 is 0.833 bits per heavy atom. The van der Waals surface area contributed by atoms with Gasteiger partial charge in [-0.1, -0.05) is 51.5 Å². The number of aliphatic hydroxyl groups excluding tert-OH is 1. The fraction of sp³-hybridized carbons (Fsp3) is 0.765. The Balaban J connectivity index is 1.20. The fourth-order valence-electron chi connectivity index (χ4n) is 8.15. The molecule has 0 spiro atoms. The normalized spacial score (nSPS) is 32.2. The first kappa shape index (κ1) is 27.9. The molecule has 0 radical (unpaired) electrons. The lowest BCUT2D eigenvalue weighted by atomic mass is 9.65. The maximum Gasteiger partial charge on any atom is 0.124 e. The highest BCUT2D eigenvalue weighted by molar-refractivity contribution is 5.35. The molecule has 1 aromatic rings. The molecule has 2 heteroatoms. The van der Waals surface area contributed by atoms with Gasteiger partial charge in [-0.15, -0.1) is 0 Å². The van der Waals surface area contributed by atoms with E-state index in [-0.39, 0.29) is 0 Å². The van der Waals surface area contributed by atoms with Crippen LogP contribution >= 0.6 is 0 Å². The Kier molecular flexibility index (Phi) is 11.0. The number of rotatable bonds is 11. The van der Waals surface area contributed by atoms with Crippen molar-refractivity contribution >= 4 is 0 Å². The SMILES string of the molecule is C=CC(O)NC1CCC(C2CCC(C3CCC(c4ccc(CCCCC)cc4CC)CC3)CC2)CC1. The molecular formula is C34H55NO. The van der Waals surface area contributed by atoms with E-state index in [2.05, 4.69) is 43.9 Å². The molecule has 0 aliphatic heterocycles. The van der Waals surface area contributed by atoms with E-state index in [1.54, 1.807) is 22.8 Å². The van der Waals surface area contributed by atoms with Gasteiger partial charge in [0.15, 0.2) is 0 Å². The largest absolute Gasteiger partial charge is 0.375 e. The van der Waals surface area contributed by atoms with Gasteiger partial charge in [-0.05, 0) is 149 Å². The summed E-state index contributed by atoms with van der Waals surface area (Å²) in [5.74, 6) is 4.68. The molecule has 0 saturated heterocycles. The second kappa shape index (κ2) is 14.1. The molecule has 0 aromatic heterocycles. The zero-order valence-electron chi connectivity index (χ0n) is 23.5. The Morgan fingerprint density at radius 3 is 1.92 bits per heavy atom. The summed E-state index contributed by atoms with van der Waals surface area (Å²) in [5, 5.41) is 13.1. The van der Waals surface area contributed by atoms with Gasteiger partial charge in [0.05, 0.1) is 0 Å². The number of aliphatic hydroxyl groups is 1. The molecule has 202 valence electrons. The molecule has 3 aliphatic rings. The number of nitrogens with one attached hydrogen (secondary N) is 1. The molecule has 2 nitrogen and oxygen atoms in total. The van der Waals surface area contributed by atoms with Crippen LogP contribution in [0.3, 0.4) is 0 Å². The van der Waals surface area contributed by atoms with Crippen molar-refractivity contribution in [1.82, 2.24) is 5.32 Å². The van der Waals surface area contributed by atoms with E-state index in [1.165, 1.54) is 109 Å². The first-order valence-electron chi connectivity index (χ1n) is 15.8. The number of benzene rings is 1. The molecule has 1 unspecified atom stereocenters. The van der Waals surface area contributed by atoms with Crippen LogP contribution in [0.15, 0.2) is 30.9 Å². The summed E-state index contributed by atoms with van der Waals surface area (Å²) in [4.78, 5) is 0. The molecule has 3 aliphatic carbocycles. The minimum absolute atomic E-state index is 0.478. The van der Waals surface area contributed by atoms with Gasteiger partial charge in [0.2, 0.25) is 0 Å². The first-order valence-corrected chi connectivity index (χ1v) is 15.8. The van der Waals surface area contributed by atoms with Crippen LogP contribution < -0.4 is 5.32 Å². The standard InChI is InChI=1S/C34H55NO/c1-4-7-8-9-25-10-23-33(26(5-2)24-25)31-17-15-29(16-18-31)27-11-13-28(14-12-27)30-19-21-32(22-20-30)35-34(36)6-3/h6,10,23-24,27-32,34-36H,3-5,7-9,11-22H2,1-2H3. The smallest absolute Gasteiger partial charge is 0.124 e. The van der Waals surface area contributed by atoms with E-state index >= 15 is 0 Å². The van der Waals surface area contributed by atoms with Crippen LogP contribution in [0.25, 0.3) is 0 Å². The Bertz CT molecular complexity index is 778. The number of unbranched alkanes of at least 4 members (excludes halogenated alkanes) is 2.